The Kier molecular flexibility index (Phi) is 5.83. The highest BCUT2D eigenvalue weighted by atomic mass is 16.4. The van der Waals surface area contributed by atoms with Crippen LogP contribution in [0.25, 0.3) is 0 Å². The van der Waals surface area contributed by atoms with Crippen LogP contribution in [0.15, 0.2) is 24.3 Å². The number of nitriles is 1. The van der Waals surface area contributed by atoms with Gasteiger partial charge in [-0.25, -0.2) is 0 Å². The highest BCUT2D eigenvalue weighted by molar-refractivity contribution is 5.75. The summed E-state index contributed by atoms with van der Waals surface area (Å²) in [7, 11) is 1.85. The third-order valence-electron chi connectivity index (χ3n) is 5.22. The number of carbonyl (C=O) groups is 1. The summed E-state index contributed by atoms with van der Waals surface area (Å²) in [5.74, 6) is -0.544. The molecule has 1 aliphatic rings. The fourth-order valence-electron chi connectivity index (χ4n) is 3.40. The van der Waals surface area contributed by atoms with Crippen LogP contribution in [0.4, 0.5) is 0 Å². The van der Waals surface area contributed by atoms with Crippen LogP contribution in [-0.2, 0) is 10.2 Å². The Morgan fingerprint density at radius 3 is 2.24 bits per heavy atom. The summed E-state index contributed by atoms with van der Waals surface area (Å²) >= 11 is 0. The predicted octanol–water partition coefficient (Wildman–Crippen LogP) is 2.05. The van der Waals surface area contributed by atoms with Gasteiger partial charge in [0.05, 0.1) is 11.5 Å². The van der Waals surface area contributed by atoms with Crippen molar-refractivity contribution in [3.63, 3.8) is 0 Å². The molecular formula is C19H28N4O2. The molecule has 6 nitrogen and oxygen atoms in total. The second-order valence-corrected chi connectivity index (χ2v) is 7.57. The van der Waals surface area contributed by atoms with Crippen molar-refractivity contribution in [1.82, 2.24) is 15.8 Å². The summed E-state index contributed by atoms with van der Waals surface area (Å²) < 4.78 is 0. The lowest BCUT2D eigenvalue weighted by atomic mass is 9.85. The minimum atomic E-state index is -0.867. The van der Waals surface area contributed by atoms with Gasteiger partial charge in [-0.3, -0.25) is 20.5 Å². The Bertz CT molecular complexity index is 640. The predicted molar refractivity (Wildman–Crippen MR) is 96.8 cm³/mol. The molecule has 1 heterocycles. The monoisotopic (exact) mass is 344 g/mol. The molecule has 0 amide bonds. The molecule has 0 aliphatic carbocycles. The van der Waals surface area contributed by atoms with Gasteiger partial charge in [-0.15, -0.1) is 0 Å². The Labute approximate surface area is 149 Å². The van der Waals surface area contributed by atoms with E-state index in [2.05, 4.69) is 30.8 Å². The van der Waals surface area contributed by atoms with Crippen molar-refractivity contribution in [3.05, 3.63) is 35.4 Å². The van der Waals surface area contributed by atoms with E-state index < -0.39 is 17.4 Å². The fourth-order valence-corrected chi connectivity index (χ4v) is 3.40. The molecule has 3 N–H and O–H groups in total. The fraction of sp³-hybridized carbons (Fsp3) is 0.579. The zero-order chi connectivity index (χ0) is 18.8. The molecule has 0 saturated carbocycles. The summed E-state index contributed by atoms with van der Waals surface area (Å²) in [5, 5.41) is 19.0. The third kappa shape index (κ3) is 4.18. The lowest BCUT2D eigenvalue weighted by Gasteiger charge is -2.30. The number of carboxylic acid groups (broad SMARTS) is 1. The van der Waals surface area contributed by atoms with Gasteiger partial charge in [0, 0.05) is 24.5 Å². The van der Waals surface area contributed by atoms with Crippen molar-refractivity contribution in [1.29, 1.82) is 5.26 Å². The van der Waals surface area contributed by atoms with Crippen LogP contribution < -0.4 is 10.9 Å². The Morgan fingerprint density at radius 2 is 1.80 bits per heavy atom. The van der Waals surface area contributed by atoms with E-state index >= 15 is 0 Å². The van der Waals surface area contributed by atoms with Crippen LogP contribution in [0.5, 0.6) is 0 Å². The van der Waals surface area contributed by atoms with Crippen LogP contribution in [-0.4, -0.2) is 41.7 Å². The number of benzene rings is 1. The molecule has 2 rings (SSSR count). The third-order valence-corrected chi connectivity index (χ3v) is 5.22. The molecule has 136 valence electrons. The highest BCUT2D eigenvalue weighted by Crippen LogP contribution is 2.27. The van der Waals surface area contributed by atoms with Crippen molar-refractivity contribution in [2.45, 2.75) is 51.2 Å². The van der Waals surface area contributed by atoms with Crippen molar-refractivity contribution in [2.75, 3.05) is 13.6 Å². The maximum Gasteiger partial charge on any atom is 0.325 e. The highest BCUT2D eigenvalue weighted by Gasteiger charge is 2.34. The summed E-state index contributed by atoms with van der Waals surface area (Å²) in [4.78, 5) is 13.8. The van der Waals surface area contributed by atoms with E-state index in [1.165, 1.54) is 0 Å². The SMILES string of the molecule is CC1NNC(C)C1CN(C)C(C(=O)O)c1ccc(C(C)(C)C#N)cc1. The largest absolute Gasteiger partial charge is 0.480 e. The van der Waals surface area contributed by atoms with Crippen molar-refractivity contribution >= 4 is 5.97 Å². The van der Waals surface area contributed by atoms with E-state index in [1.54, 1.807) is 0 Å². The van der Waals surface area contributed by atoms with E-state index in [1.807, 2.05) is 50.1 Å². The first-order valence-electron chi connectivity index (χ1n) is 8.63. The molecule has 25 heavy (non-hydrogen) atoms. The van der Waals surface area contributed by atoms with Gasteiger partial charge in [0.25, 0.3) is 0 Å². The Morgan fingerprint density at radius 1 is 1.28 bits per heavy atom. The lowest BCUT2D eigenvalue weighted by molar-refractivity contribution is -0.143. The molecule has 6 heteroatoms. The molecule has 1 saturated heterocycles. The summed E-state index contributed by atoms with van der Waals surface area (Å²) in [6, 6.07) is 9.48. The van der Waals surface area contributed by atoms with E-state index in [0.717, 1.165) is 11.1 Å². The smallest absolute Gasteiger partial charge is 0.325 e. The van der Waals surface area contributed by atoms with Gasteiger partial charge >= 0.3 is 5.97 Å². The van der Waals surface area contributed by atoms with E-state index in [4.69, 9.17) is 0 Å². The quantitative estimate of drug-likeness (QED) is 0.732. The van der Waals surface area contributed by atoms with E-state index in [-0.39, 0.29) is 12.1 Å². The lowest BCUT2D eigenvalue weighted by Crippen LogP contribution is -2.39. The molecule has 1 aliphatic heterocycles. The molecule has 1 fully saturated rings. The number of aliphatic carboxylic acids is 1. The van der Waals surface area contributed by atoms with Gasteiger partial charge in [0.1, 0.15) is 6.04 Å². The molecule has 3 unspecified atom stereocenters. The molecule has 0 spiro atoms. The summed E-state index contributed by atoms with van der Waals surface area (Å²) in [6.45, 7) is 8.58. The zero-order valence-electron chi connectivity index (χ0n) is 15.6. The molecule has 0 bridgehead atoms. The van der Waals surface area contributed by atoms with Crippen LogP contribution in [0.2, 0.25) is 0 Å². The second kappa shape index (κ2) is 7.52. The average molecular weight is 344 g/mol. The van der Waals surface area contributed by atoms with Gasteiger partial charge in [0.2, 0.25) is 0 Å². The van der Waals surface area contributed by atoms with Gasteiger partial charge in [-0.2, -0.15) is 5.26 Å². The number of nitrogens with one attached hydrogen (secondary N) is 2. The number of carboxylic acids is 1. The first-order valence-corrected chi connectivity index (χ1v) is 8.63. The number of hydrogen-bond acceptors (Lipinski definition) is 5. The van der Waals surface area contributed by atoms with Gasteiger partial charge in [-0.05, 0) is 45.9 Å². The number of hydrogen-bond donors (Lipinski definition) is 3. The molecule has 1 aromatic carbocycles. The second-order valence-electron chi connectivity index (χ2n) is 7.57. The number of hydrazine groups is 1. The molecule has 0 radical (unpaired) electrons. The molecule has 1 aromatic rings. The van der Waals surface area contributed by atoms with Crippen LogP contribution in [0.1, 0.15) is 44.9 Å². The molecule has 0 aromatic heterocycles. The summed E-state index contributed by atoms with van der Waals surface area (Å²) in [5.41, 5.74) is 7.44. The zero-order valence-corrected chi connectivity index (χ0v) is 15.6. The van der Waals surface area contributed by atoms with Crippen LogP contribution >= 0.6 is 0 Å². The minimum Gasteiger partial charge on any atom is -0.480 e. The van der Waals surface area contributed by atoms with Crippen molar-refractivity contribution < 1.29 is 9.90 Å². The standard InChI is InChI=1S/C19H28N4O2/c1-12-16(13(2)22-21-12)10-23(5)17(18(24)25)14-6-8-15(9-7-14)19(3,4)11-20/h6-9,12-13,16-17,21-22H,10H2,1-5H3,(H,24,25). The van der Waals surface area contributed by atoms with E-state index in [0.29, 0.717) is 12.5 Å². The summed E-state index contributed by atoms with van der Waals surface area (Å²) in [6.07, 6.45) is 0. The first-order chi connectivity index (χ1) is 11.7. The van der Waals surface area contributed by atoms with Crippen LogP contribution in [0, 0.1) is 17.2 Å². The first kappa shape index (κ1) is 19.4. The minimum absolute atomic E-state index is 0.283. The normalized spacial score (nSPS) is 24.9. The molecular weight excluding hydrogens is 316 g/mol. The van der Waals surface area contributed by atoms with Gasteiger partial charge < -0.3 is 5.11 Å². The van der Waals surface area contributed by atoms with Crippen LogP contribution in [0.3, 0.4) is 0 Å². The number of likely N-dealkylation sites (N-methyl/N-ethyl adjacent to an activating group) is 1. The van der Waals surface area contributed by atoms with E-state index in [9.17, 15) is 15.2 Å². The topological polar surface area (TPSA) is 88.4 Å². The Hall–Kier alpha value is -1.94. The average Bonchev–Trinajstić information content (AvgIpc) is 2.87. The van der Waals surface area contributed by atoms with Gasteiger partial charge in [-0.1, -0.05) is 24.3 Å². The molecule has 3 atom stereocenters. The van der Waals surface area contributed by atoms with Crippen molar-refractivity contribution in [2.24, 2.45) is 5.92 Å². The maximum absolute atomic E-state index is 11.9. The number of nitrogens with zero attached hydrogens (tertiary/aromatic N) is 2. The number of rotatable bonds is 6. The maximum atomic E-state index is 11.9. The van der Waals surface area contributed by atoms with Crippen molar-refractivity contribution in [3.8, 4) is 6.07 Å². The van der Waals surface area contributed by atoms with Gasteiger partial charge in [0.15, 0.2) is 0 Å². The Balaban J connectivity index is 2.20.